The van der Waals surface area contributed by atoms with Crippen molar-refractivity contribution < 1.29 is 76.5 Å². The van der Waals surface area contributed by atoms with Crippen LogP contribution in [0.15, 0.2) is 195 Å². The number of hydrogen-bond donors (Lipinski definition) is 1. The third kappa shape index (κ3) is 13.0. The highest BCUT2D eigenvalue weighted by Crippen LogP contribution is 2.36. The van der Waals surface area contributed by atoms with Crippen LogP contribution in [0.1, 0.15) is 68.6 Å². The molecule has 0 spiro atoms. The van der Waals surface area contributed by atoms with E-state index in [0.717, 1.165) is 0 Å². The van der Waals surface area contributed by atoms with Crippen molar-refractivity contribution in [2.24, 2.45) is 0 Å². The van der Waals surface area contributed by atoms with Crippen molar-refractivity contribution in [1.82, 2.24) is 0 Å². The standard InChI is InChI=1S/C57H50O16/c1-2-21-42-46(69-53(61)38-26-13-5-14-27-38)49(71-55(63)40-30-17-7-18-31-40)47(44(67-42)35-66-52(60)37-24-11-4-12-25-37)73-57-50(72-56(64)41-32-19-8-20-33-41)48(70-54(62)39-28-15-6-16-29-39)45(58)43(68-57)34-65-51(59)36-22-9-3-10-23-36/h2-20,22-33,42-50,57-58H,1,21,34-35H2/t42-,43-,44-,45+,46+,47-,48+,49-,50-,57+/m1/s1. The van der Waals surface area contributed by atoms with Gasteiger partial charge in [0.2, 0.25) is 0 Å². The van der Waals surface area contributed by atoms with Crippen LogP contribution in [-0.4, -0.2) is 115 Å². The molecule has 0 radical (unpaired) electrons. The molecule has 2 heterocycles. The van der Waals surface area contributed by atoms with E-state index in [1.54, 1.807) is 109 Å². The van der Waals surface area contributed by atoms with E-state index in [-0.39, 0.29) is 39.8 Å². The van der Waals surface area contributed by atoms with Crippen molar-refractivity contribution >= 4 is 35.8 Å². The van der Waals surface area contributed by atoms with Crippen LogP contribution < -0.4 is 0 Å². The van der Waals surface area contributed by atoms with Crippen LogP contribution in [0.4, 0.5) is 0 Å². The molecule has 374 valence electrons. The molecule has 0 amide bonds. The summed E-state index contributed by atoms with van der Waals surface area (Å²) in [6, 6.07) is 47.6. The first-order valence-electron chi connectivity index (χ1n) is 23.3. The van der Waals surface area contributed by atoms with Gasteiger partial charge in [0.15, 0.2) is 30.7 Å². The largest absolute Gasteiger partial charge is 0.459 e. The van der Waals surface area contributed by atoms with Gasteiger partial charge in [-0.3, -0.25) is 0 Å². The van der Waals surface area contributed by atoms with E-state index in [9.17, 15) is 33.9 Å². The van der Waals surface area contributed by atoms with Crippen molar-refractivity contribution in [1.29, 1.82) is 0 Å². The van der Waals surface area contributed by atoms with E-state index in [2.05, 4.69) is 6.58 Å². The summed E-state index contributed by atoms with van der Waals surface area (Å²) in [5.74, 6) is -5.21. The van der Waals surface area contributed by atoms with Crippen LogP contribution in [0, 0.1) is 0 Å². The van der Waals surface area contributed by atoms with Gasteiger partial charge in [0.1, 0.15) is 43.7 Å². The Balaban J connectivity index is 1.24. The van der Waals surface area contributed by atoms with E-state index in [4.69, 9.17) is 42.6 Å². The maximum atomic E-state index is 14.3. The highest BCUT2D eigenvalue weighted by molar-refractivity contribution is 5.92. The lowest BCUT2D eigenvalue weighted by molar-refractivity contribution is -0.339. The Kier molecular flexibility index (Phi) is 17.3. The van der Waals surface area contributed by atoms with Gasteiger partial charge in [-0.2, -0.15) is 0 Å². The van der Waals surface area contributed by atoms with E-state index in [1.807, 2.05) is 0 Å². The van der Waals surface area contributed by atoms with Crippen molar-refractivity contribution in [2.45, 2.75) is 67.6 Å². The fourth-order valence-electron chi connectivity index (χ4n) is 8.17. The number of carbonyl (C=O) groups is 6. The van der Waals surface area contributed by atoms with Gasteiger partial charge >= 0.3 is 35.8 Å². The number of rotatable bonds is 18. The number of aliphatic hydroxyl groups is 1. The summed E-state index contributed by atoms with van der Waals surface area (Å²) in [7, 11) is 0. The number of carbonyl (C=O) groups excluding carboxylic acids is 6. The molecule has 8 rings (SSSR count). The predicted molar refractivity (Wildman–Crippen MR) is 259 cm³/mol. The molecular formula is C57H50O16. The summed E-state index contributed by atoms with van der Waals surface area (Å²) >= 11 is 0. The molecule has 0 aliphatic carbocycles. The summed E-state index contributed by atoms with van der Waals surface area (Å²) in [5, 5.41) is 12.2. The molecule has 16 nitrogen and oxygen atoms in total. The van der Waals surface area contributed by atoms with Crippen LogP contribution in [0.2, 0.25) is 0 Å². The Morgan fingerprint density at radius 3 is 1.11 bits per heavy atom. The third-order valence-electron chi connectivity index (χ3n) is 11.8. The highest BCUT2D eigenvalue weighted by Gasteiger charge is 2.57. The second kappa shape index (κ2) is 24.7. The molecule has 1 N–H and O–H groups in total. The van der Waals surface area contributed by atoms with Crippen molar-refractivity contribution in [2.75, 3.05) is 13.2 Å². The molecule has 0 saturated carbocycles. The normalized spacial score (nSPS) is 23.4. The predicted octanol–water partition coefficient (Wildman–Crippen LogP) is 7.42. The first kappa shape index (κ1) is 51.1. The first-order valence-corrected chi connectivity index (χ1v) is 23.3. The lowest BCUT2D eigenvalue weighted by Gasteiger charge is -2.48. The van der Waals surface area contributed by atoms with E-state index < -0.39 is 110 Å². The average Bonchev–Trinajstić information content (AvgIpc) is 3.44. The van der Waals surface area contributed by atoms with E-state index >= 15 is 0 Å². The van der Waals surface area contributed by atoms with Crippen LogP contribution in [-0.2, 0) is 42.6 Å². The highest BCUT2D eigenvalue weighted by atomic mass is 16.7. The maximum Gasteiger partial charge on any atom is 0.338 e. The van der Waals surface area contributed by atoms with Crippen molar-refractivity contribution in [3.05, 3.63) is 228 Å². The summed E-state index contributed by atoms with van der Waals surface area (Å²) in [4.78, 5) is 83.4. The van der Waals surface area contributed by atoms with Gasteiger partial charge in [0.05, 0.1) is 33.4 Å². The molecule has 16 heteroatoms. The summed E-state index contributed by atoms with van der Waals surface area (Å²) in [6.45, 7) is 2.63. The Hall–Kier alpha value is -8.28. The quantitative estimate of drug-likeness (QED) is 0.0505. The topological polar surface area (TPSA) is 206 Å². The molecule has 6 aromatic rings. The lowest BCUT2D eigenvalue weighted by Crippen LogP contribution is -2.66. The fourth-order valence-corrected chi connectivity index (χ4v) is 8.17. The molecular weight excluding hydrogens is 941 g/mol. The molecule has 2 saturated heterocycles. The van der Waals surface area contributed by atoms with Gasteiger partial charge < -0.3 is 47.7 Å². The molecule has 2 fully saturated rings. The number of aliphatic hydroxyl groups excluding tert-OH is 1. The summed E-state index contributed by atoms with van der Waals surface area (Å²) < 4.78 is 56.1. The van der Waals surface area contributed by atoms with E-state index in [1.165, 1.54) is 78.9 Å². The Morgan fingerprint density at radius 2 is 0.726 bits per heavy atom. The summed E-state index contributed by atoms with van der Waals surface area (Å²) in [6.07, 6.45) is -15.0. The molecule has 73 heavy (non-hydrogen) atoms. The number of esters is 6. The van der Waals surface area contributed by atoms with Crippen LogP contribution >= 0.6 is 0 Å². The molecule has 2 aliphatic heterocycles. The number of benzene rings is 6. The summed E-state index contributed by atoms with van der Waals surface area (Å²) in [5.41, 5.74) is 0.690. The number of hydrogen-bond acceptors (Lipinski definition) is 16. The zero-order valence-electron chi connectivity index (χ0n) is 39.1. The minimum Gasteiger partial charge on any atom is -0.459 e. The molecule has 2 aliphatic rings. The Bertz CT molecular complexity index is 2800. The van der Waals surface area contributed by atoms with Crippen LogP contribution in [0.3, 0.4) is 0 Å². The second-order valence-electron chi connectivity index (χ2n) is 16.7. The van der Waals surface area contributed by atoms with Gasteiger partial charge in [-0.15, -0.1) is 6.58 Å². The zero-order chi connectivity index (χ0) is 51.1. The second-order valence-corrected chi connectivity index (χ2v) is 16.7. The molecule has 10 atom stereocenters. The monoisotopic (exact) mass is 990 g/mol. The minimum atomic E-state index is -1.94. The Morgan fingerprint density at radius 1 is 0.397 bits per heavy atom. The smallest absolute Gasteiger partial charge is 0.338 e. The molecule has 6 aromatic carbocycles. The minimum absolute atomic E-state index is 0.00220. The van der Waals surface area contributed by atoms with Gasteiger partial charge in [-0.05, 0) is 79.2 Å². The zero-order valence-corrected chi connectivity index (χ0v) is 39.1. The van der Waals surface area contributed by atoms with Gasteiger partial charge in [-0.25, -0.2) is 28.8 Å². The van der Waals surface area contributed by atoms with Gasteiger partial charge in [0.25, 0.3) is 0 Å². The first-order chi connectivity index (χ1) is 35.6. The average molecular weight is 991 g/mol. The van der Waals surface area contributed by atoms with Crippen molar-refractivity contribution in [3.8, 4) is 0 Å². The SMILES string of the molecule is C=CC[C@H]1O[C@H](COC(=O)c2ccccc2)[C@@H](O[C@@H]2O[C@H](COC(=O)c3ccccc3)[C@H](O)[C@H](OC(=O)c3ccccc3)[C@H]2OC(=O)c2ccccc2)[C@H](OC(=O)c2ccccc2)[C@H]1OC(=O)c1ccccc1. The maximum absolute atomic E-state index is 14.3. The van der Waals surface area contributed by atoms with Crippen molar-refractivity contribution in [3.63, 3.8) is 0 Å². The lowest BCUT2D eigenvalue weighted by atomic mass is 9.92. The third-order valence-corrected chi connectivity index (χ3v) is 11.8. The van der Waals surface area contributed by atoms with Crippen LogP contribution in [0.5, 0.6) is 0 Å². The van der Waals surface area contributed by atoms with Crippen LogP contribution in [0.25, 0.3) is 0 Å². The molecule has 0 aromatic heterocycles. The number of ether oxygens (including phenoxy) is 9. The molecule has 0 bridgehead atoms. The fraction of sp³-hybridized carbons (Fsp3) is 0.228. The van der Waals surface area contributed by atoms with Gasteiger partial charge in [-0.1, -0.05) is 115 Å². The van der Waals surface area contributed by atoms with Gasteiger partial charge in [0, 0.05) is 0 Å². The van der Waals surface area contributed by atoms with E-state index in [0.29, 0.717) is 0 Å². The Labute approximate surface area is 419 Å². The molecule has 0 unspecified atom stereocenters.